The highest BCUT2D eigenvalue weighted by atomic mass is 32.1. The maximum atomic E-state index is 11.9. The van der Waals surface area contributed by atoms with E-state index in [0.717, 1.165) is 5.69 Å². The molecule has 2 aromatic rings. The Labute approximate surface area is 114 Å². The molecule has 0 aliphatic rings. The van der Waals surface area contributed by atoms with Crippen LogP contribution in [0.4, 0.5) is 0 Å². The Bertz CT molecular complexity index is 581. The number of nitrogens with zero attached hydrogens (tertiary/aromatic N) is 3. The van der Waals surface area contributed by atoms with Gasteiger partial charge in [0.05, 0.1) is 18.9 Å². The van der Waals surface area contributed by atoms with E-state index >= 15 is 0 Å². The van der Waals surface area contributed by atoms with E-state index in [0.29, 0.717) is 31.2 Å². The van der Waals surface area contributed by atoms with Crippen molar-refractivity contribution < 1.29 is 9.84 Å². The Balaban J connectivity index is 2.15. The van der Waals surface area contributed by atoms with E-state index in [1.807, 2.05) is 10.3 Å². The van der Waals surface area contributed by atoms with Gasteiger partial charge in [-0.3, -0.25) is 14.1 Å². The number of aliphatic hydroxyl groups is 1. The third-order valence-electron chi connectivity index (χ3n) is 2.77. The Morgan fingerprint density at radius 2 is 2.37 bits per heavy atom. The molecular weight excluding hydrogens is 266 g/mol. The number of hydrogen-bond donors (Lipinski definition) is 1. The van der Waals surface area contributed by atoms with E-state index < -0.39 is 0 Å². The topological polar surface area (TPSA) is 67.1 Å². The van der Waals surface area contributed by atoms with Gasteiger partial charge in [-0.1, -0.05) is 0 Å². The van der Waals surface area contributed by atoms with Gasteiger partial charge < -0.3 is 9.84 Å². The van der Waals surface area contributed by atoms with Crippen molar-refractivity contribution in [2.45, 2.75) is 6.54 Å². The number of aliphatic hydroxyl groups excluding tert-OH is 1. The summed E-state index contributed by atoms with van der Waals surface area (Å²) in [5, 5.41) is 10.9. The van der Waals surface area contributed by atoms with Crippen molar-refractivity contribution in [1.82, 2.24) is 14.3 Å². The van der Waals surface area contributed by atoms with Gasteiger partial charge in [0.1, 0.15) is 0 Å². The average molecular weight is 283 g/mol. The second-order valence-corrected chi connectivity index (χ2v) is 5.01. The second-order valence-electron chi connectivity index (χ2n) is 4.13. The molecule has 0 unspecified atom stereocenters. The third-order valence-corrected chi connectivity index (χ3v) is 3.53. The predicted octanol–water partition coefficient (Wildman–Crippen LogP) is 0.197. The number of methoxy groups -OCH3 is 1. The van der Waals surface area contributed by atoms with Gasteiger partial charge >= 0.3 is 0 Å². The number of hydrogen-bond acceptors (Lipinski definition) is 6. The first-order valence-corrected chi connectivity index (χ1v) is 6.90. The van der Waals surface area contributed by atoms with Crippen LogP contribution in [0.5, 0.6) is 0 Å². The molecule has 7 heteroatoms. The first kappa shape index (κ1) is 14.1. The molecule has 0 aliphatic heterocycles. The quantitative estimate of drug-likeness (QED) is 0.786. The van der Waals surface area contributed by atoms with E-state index in [-0.39, 0.29) is 12.2 Å². The molecule has 0 fully saturated rings. The molecule has 2 rings (SSSR count). The maximum Gasteiger partial charge on any atom is 0.258 e. The van der Waals surface area contributed by atoms with Gasteiger partial charge in [0.25, 0.3) is 5.56 Å². The van der Waals surface area contributed by atoms with E-state index in [2.05, 4.69) is 4.98 Å². The molecule has 0 aliphatic carbocycles. The van der Waals surface area contributed by atoms with Crippen molar-refractivity contribution in [1.29, 1.82) is 0 Å². The molecule has 0 spiro atoms. The van der Waals surface area contributed by atoms with Gasteiger partial charge in [-0.05, 0) is 0 Å². The maximum absolute atomic E-state index is 11.9. The minimum Gasteiger partial charge on any atom is -0.395 e. The lowest BCUT2D eigenvalue weighted by Crippen LogP contribution is -2.31. The van der Waals surface area contributed by atoms with Crippen molar-refractivity contribution in [2.75, 3.05) is 33.4 Å². The molecule has 0 saturated heterocycles. The molecule has 0 radical (unpaired) electrons. The summed E-state index contributed by atoms with van der Waals surface area (Å²) in [7, 11) is 1.64. The fraction of sp³-hybridized carbons (Fsp3) is 0.500. The molecule has 2 aromatic heterocycles. The zero-order valence-corrected chi connectivity index (χ0v) is 11.6. The van der Waals surface area contributed by atoms with Gasteiger partial charge in [0.2, 0.25) is 0 Å². The van der Waals surface area contributed by atoms with Crippen LogP contribution in [-0.2, 0) is 11.3 Å². The van der Waals surface area contributed by atoms with Gasteiger partial charge in [-0.25, -0.2) is 4.98 Å². The van der Waals surface area contributed by atoms with Crippen LogP contribution in [0.1, 0.15) is 5.69 Å². The van der Waals surface area contributed by atoms with Crippen LogP contribution in [-0.4, -0.2) is 52.8 Å². The SMILES string of the molecule is COCCN(CCO)Cc1cc(=O)n2ccsc2n1. The number of ether oxygens (including phenoxy) is 1. The summed E-state index contributed by atoms with van der Waals surface area (Å²) in [6.45, 7) is 2.43. The van der Waals surface area contributed by atoms with Crippen molar-refractivity contribution in [3.05, 3.63) is 33.7 Å². The molecule has 0 aromatic carbocycles. The first-order chi connectivity index (χ1) is 9.24. The molecule has 6 nitrogen and oxygen atoms in total. The van der Waals surface area contributed by atoms with Gasteiger partial charge in [0.15, 0.2) is 4.96 Å². The Morgan fingerprint density at radius 1 is 1.53 bits per heavy atom. The average Bonchev–Trinajstić information content (AvgIpc) is 2.85. The van der Waals surface area contributed by atoms with Crippen LogP contribution >= 0.6 is 11.3 Å². The lowest BCUT2D eigenvalue weighted by atomic mass is 10.3. The summed E-state index contributed by atoms with van der Waals surface area (Å²) in [6, 6.07) is 1.54. The van der Waals surface area contributed by atoms with Crippen molar-refractivity contribution in [3.8, 4) is 0 Å². The monoisotopic (exact) mass is 283 g/mol. The summed E-state index contributed by atoms with van der Waals surface area (Å²) in [5.74, 6) is 0. The minimum absolute atomic E-state index is 0.0723. The van der Waals surface area contributed by atoms with Crippen molar-refractivity contribution >= 4 is 16.3 Å². The molecule has 0 atom stereocenters. The zero-order valence-electron chi connectivity index (χ0n) is 10.8. The van der Waals surface area contributed by atoms with E-state index in [4.69, 9.17) is 9.84 Å². The summed E-state index contributed by atoms with van der Waals surface area (Å²) in [6.07, 6.45) is 1.72. The van der Waals surface area contributed by atoms with Crippen LogP contribution < -0.4 is 5.56 Å². The fourth-order valence-electron chi connectivity index (χ4n) is 1.83. The minimum atomic E-state index is -0.0723. The number of aromatic nitrogens is 2. The third kappa shape index (κ3) is 3.60. The normalized spacial score (nSPS) is 11.5. The van der Waals surface area contributed by atoms with Crippen molar-refractivity contribution in [3.63, 3.8) is 0 Å². The smallest absolute Gasteiger partial charge is 0.258 e. The summed E-state index contributed by atoms with van der Waals surface area (Å²) < 4.78 is 6.56. The molecule has 0 saturated carbocycles. The lowest BCUT2D eigenvalue weighted by Gasteiger charge is -2.20. The molecule has 1 N–H and O–H groups in total. The summed E-state index contributed by atoms with van der Waals surface area (Å²) in [5.41, 5.74) is 0.647. The molecule has 2 heterocycles. The van der Waals surface area contributed by atoms with E-state index in [1.165, 1.54) is 21.8 Å². The highest BCUT2D eigenvalue weighted by Gasteiger charge is 2.09. The van der Waals surface area contributed by atoms with Gasteiger partial charge in [-0.15, -0.1) is 11.3 Å². The predicted molar refractivity (Wildman–Crippen MR) is 73.6 cm³/mol. The Morgan fingerprint density at radius 3 is 3.11 bits per heavy atom. The summed E-state index contributed by atoms with van der Waals surface area (Å²) >= 11 is 1.43. The van der Waals surface area contributed by atoms with Crippen LogP contribution in [0.3, 0.4) is 0 Å². The van der Waals surface area contributed by atoms with Crippen LogP contribution in [0.25, 0.3) is 4.96 Å². The molecule has 19 heavy (non-hydrogen) atoms. The first-order valence-electron chi connectivity index (χ1n) is 6.02. The number of fused-ring (bicyclic) bond motifs is 1. The lowest BCUT2D eigenvalue weighted by molar-refractivity contribution is 0.126. The second kappa shape index (κ2) is 6.76. The van der Waals surface area contributed by atoms with E-state index in [1.54, 1.807) is 13.3 Å². The molecule has 0 bridgehead atoms. The standard InChI is InChI=1S/C12H17N3O3S/c1-18-6-3-14(2-5-16)9-10-8-11(17)15-4-7-19-12(15)13-10/h4,7-8,16H,2-3,5-6,9H2,1H3. The molecule has 0 amide bonds. The van der Waals surface area contributed by atoms with Gasteiger partial charge in [-0.2, -0.15) is 0 Å². The highest BCUT2D eigenvalue weighted by Crippen LogP contribution is 2.08. The van der Waals surface area contributed by atoms with Crippen molar-refractivity contribution in [2.24, 2.45) is 0 Å². The molecule has 104 valence electrons. The Kier molecular flexibility index (Phi) is 5.03. The fourth-order valence-corrected chi connectivity index (χ4v) is 2.57. The van der Waals surface area contributed by atoms with Crippen LogP contribution in [0, 0.1) is 0 Å². The molecular formula is C12H17N3O3S. The van der Waals surface area contributed by atoms with Crippen LogP contribution in [0.2, 0.25) is 0 Å². The zero-order chi connectivity index (χ0) is 13.7. The highest BCUT2D eigenvalue weighted by molar-refractivity contribution is 7.15. The number of thiazole rings is 1. The number of rotatable bonds is 7. The largest absolute Gasteiger partial charge is 0.395 e. The van der Waals surface area contributed by atoms with Crippen LogP contribution in [0.15, 0.2) is 22.4 Å². The van der Waals surface area contributed by atoms with E-state index in [9.17, 15) is 4.79 Å². The summed E-state index contributed by atoms with van der Waals surface area (Å²) in [4.78, 5) is 19.0. The van der Waals surface area contributed by atoms with Gasteiger partial charge in [0, 0.05) is 44.4 Å². The Hall–Kier alpha value is -1.28.